The minimum absolute atomic E-state index is 0.129. The van der Waals surface area contributed by atoms with E-state index in [0.29, 0.717) is 18.5 Å². The summed E-state index contributed by atoms with van der Waals surface area (Å²) in [5, 5.41) is 17.8. The van der Waals surface area contributed by atoms with Crippen molar-refractivity contribution >= 4 is 11.5 Å². The molecule has 23 heavy (non-hydrogen) atoms. The highest BCUT2D eigenvalue weighted by atomic mass is 16.6. The predicted octanol–water partition coefficient (Wildman–Crippen LogP) is 2.81. The molecule has 1 aromatic rings. The summed E-state index contributed by atoms with van der Waals surface area (Å²) in [4.78, 5) is 15.0. The van der Waals surface area contributed by atoms with Crippen molar-refractivity contribution in [1.29, 1.82) is 0 Å². The van der Waals surface area contributed by atoms with Gasteiger partial charge in [-0.3, -0.25) is 15.1 Å². The van der Waals surface area contributed by atoms with Crippen LogP contribution in [-0.4, -0.2) is 29.9 Å². The summed E-state index contributed by atoms with van der Waals surface area (Å²) in [5.74, 6) is 1.48. The molecular formula is C17H24N4O2. The fraction of sp³-hybridized carbons (Fsp3) is 0.588. The molecule has 0 aliphatic carbocycles. The Bertz CT molecular complexity index is 579. The van der Waals surface area contributed by atoms with Crippen LogP contribution in [-0.2, 0) is 0 Å². The lowest BCUT2D eigenvalue weighted by atomic mass is 9.94. The zero-order valence-corrected chi connectivity index (χ0v) is 13.5. The van der Waals surface area contributed by atoms with Crippen LogP contribution in [0, 0.1) is 16.0 Å². The minimum atomic E-state index is -0.368. The summed E-state index contributed by atoms with van der Waals surface area (Å²) in [6, 6.07) is 7.49. The van der Waals surface area contributed by atoms with Crippen molar-refractivity contribution in [3.05, 3.63) is 39.9 Å². The highest BCUT2D eigenvalue weighted by Gasteiger charge is 2.25. The SMILES string of the molecule is C[C@@H](CC1CCCCN1)C1=NCC(c2ccc([N+](=O)[O-])cc2)N1. The molecule has 2 aliphatic rings. The lowest BCUT2D eigenvalue weighted by molar-refractivity contribution is -0.384. The molecule has 0 radical (unpaired) electrons. The van der Waals surface area contributed by atoms with E-state index in [0.717, 1.165) is 24.4 Å². The van der Waals surface area contributed by atoms with Gasteiger partial charge in [0.1, 0.15) is 0 Å². The molecular weight excluding hydrogens is 292 g/mol. The van der Waals surface area contributed by atoms with E-state index in [2.05, 4.69) is 22.5 Å². The third-order valence-corrected chi connectivity index (χ3v) is 4.79. The smallest absolute Gasteiger partial charge is 0.269 e. The monoisotopic (exact) mass is 316 g/mol. The van der Waals surface area contributed by atoms with Crippen LogP contribution in [0.3, 0.4) is 0 Å². The predicted molar refractivity (Wildman–Crippen MR) is 90.7 cm³/mol. The molecule has 0 saturated carbocycles. The Labute approximate surface area is 136 Å². The number of nitrogens with one attached hydrogen (secondary N) is 2. The maximum Gasteiger partial charge on any atom is 0.269 e. The Morgan fingerprint density at radius 1 is 1.35 bits per heavy atom. The van der Waals surface area contributed by atoms with Gasteiger partial charge in [-0.25, -0.2) is 0 Å². The fourth-order valence-corrected chi connectivity index (χ4v) is 3.44. The van der Waals surface area contributed by atoms with Gasteiger partial charge < -0.3 is 10.6 Å². The molecule has 0 amide bonds. The average Bonchev–Trinajstić information content (AvgIpc) is 3.06. The standard InChI is InChI=1S/C17H24N4O2/c1-12(10-14-4-2-3-9-18-14)17-19-11-16(20-17)13-5-7-15(8-6-13)21(22)23/h5-8,12,14,16,18H,2-4,9-11H2,1H3,(H,19,20)/t12-,14?,16?/m0/s1. The van der Waals surface area contributed by atoms with Gasteiger partial charge in [0.05, 0.1) is 23.3 Å². The second-order valence-electron chi connectivity index (χ2n) is 6.56. The first kappa shape index (κ1) is 15.9. The summed E-state index contributed by atoms with van der Waals surface area (Å²) in [7, 11) is 0. The first-order valence-corrected chi connectivity index (χ1v) is 8.42. The number of hydrogen-bond acceptors (Lipinski definition) is 5. The van der Waals surface area contributed by atoms with Crippen molar-refractivity contribution < 1.29 is 4.92 Å². The Kier molecular flexibility index (Phi) is 4.91. The maximum absolute atomic E-state index is 10.7. The van der Waals surface area contributed by atoms with E-state index in [1.54, 1.807) is 12.1 Å². The molecule has 2 heterocycles. The normalized spacial score (nSPS) is 25.5. The van der Waals surface area contributed by atoms with Gasteiger partial charge in [0, 0.05) is 24.1 Å². The first-order valence-electron chi connectivity index (χ1n) is 8.42. The van der Waals surface area contributed by atoms with Crippen molar-refractivity contribution in [3.63, 3.8) is 0 Å². The van der Waals surface area contributed by atoms with Gasteiger partial charge in [-0.1, -0.05) is 25.5 Å². The third-order valence-electron chi connectivity index (χ3n) is 4.79. The maximum atomic E-state index is 10.7. The van der Waals surface area contributed by atoms with E-state index in [9.17, 15) is 10.1 Å². The molecule has 6 heteroatoms. The van der Waals surface area contributed by atoms with Gasteiger partial charge in [-0.15, -0.1) is 0 Å². The molecule has 6 nitrogen and oxygen atoms in total. The van der Waals surface area contributed by atoms with E-state index >= 15 is 0 Å². The van der Waals surface area contributed by atoms with Crippen LogP contribution < -0.4 is 10.6 Å². The molecule has 3 atom stereocenters. The Morgan fingerprint density at radius 3 is 2.78 bits per heavy atom. The minimum Gasteiger partial charge on any atom is -0.365 e. The van der Waals surface area contributed by atoms with Crippen LogP contribution in [0.4, 0.5) is 5.69 Å². The molecule has 0 bridgehead atoms. The summed E-state index contributed by atoms with van der Waals surface area (Å²) < 4.78 is 0. The Hall–Kier alpha value is -1.95. The van der Waals surface area contributed by atoms with Gasteiger partial charge in [-0.05, 0) is 31.4 Å². The molecule has 0 spiro atoms. The summed E-state index contributed by atoms with van der Waals surface area (Å²) in [5.41, 5.74) is 1.18. The zero-order chi connectivity index (χ0) is 16.2. The van der Waals surface area contributed by atoms with Crippen LogP contribution in [0.5, 0.6) is 0 Å². The topological polar surface area (TPSA) is 79.6 Å². The number of nitrogens with zero attached hydrogens (tertiary/aromatic N) is 2. The number of non-ortho nitro benzene ring substituents is 1. The van der Waals surface area contributed by atoms with Crippen LogP contribution >= 0.6 is 0 Å². The number of hydrogen-bond donors (Lipinski definition) is 2. The molecule has 1 aromatic carbocycles. The highest BCUT2D eigenvalue weighted by molar-refractivity contribution is 5.86. The van der Waals surface area contributed by atoms with Crippen molar-refractivity contribution in [2.24, 2.45) is 10.9 Å². The summed E-state index contributed by atoms with van der Waals surface area (Å²) in [6.07, 6.45) is 4.96. The number of aliphatic imine (C=N–C) groups is 1. The quantitative estimate of drug-likeness (QED) is 0.646. The number of piperidine rings is 1. The third kappa shape index (κ3) is 3.88. The van der Waals surface area contributed by atoms with E-state index in [4.69, 9.17) is 0 Å². The van der Waals surface area contributed by atoms with E-state index in [-0.39, 0.29) is 16.7 Å². The number of nitro benzene ring substituents is 1. The molecule has 1 saturated heterocycles. The number of nitro groups is 1. The van der Waals surface area contributed by atoms with Crippen molar-refractivity contribution in [3.8, 4) is 0 Å². The van der Waals surface area contributed by atoms with Crippen LogP contribution in [0.1, 0.15) is 44.2 Å². The second kappa shape index (κ2) is 7.08. The molecule has 2 unspecified atom stereocenters. The molecule has 2 N–H and O–H groups in total. The van der Waals surface area contributed by atoms with Crippen molar-refractivity contribution in [2.45, 2.75) is 44.7 Å². The van der Waals surface area contributed by atoms with Gasteiger partial charge in [0.15, 0.2) is 0 Å². The second-order valence-corrected chi connectivity index (χ2v) is 6.56. The highest BCUT2D eigenvalue weighted by Crippen LogP contribution is 2.24. The van der Waals surface area contributed by atoms with Gasteiger partial charge >= 0.3 is 0 Å². The van der Waals surface area contributed by atoms with Crippen molar-refractivity contribution in [1.82, 2.24) is 10.6 Å². The van der Waals surface area contributed by atoms with Gasteiger partial charge in [0.25, 0.3) is 5.69 Å². The van der Waals surface area contributed by atoms with Crippen molar-refractivity contribution in [2.75, 3.05) is 13.1 Å². The van der Waals surface area contributed by atoms with E-state index in [1.807, 2.05) is 12.1 Å². The Morgan fingerprint density at radius 2 is 2.13 bits per heavy atom. The van der Waals surface area contributed by atoms with Crippen LogP contribution in [0.2, 0.25) is 0 Å². The fourth-order valence-electron chi connectivity index (χ4n) is 3.44. The lowest BCUT2D eigenvalue weighted by Gasteiger charge is -2.26. The van der Waals surface area contributed by atoms with Gasteiger partial charge in [0.2, 0.25) is 0 Å². The number of rotatable bonds is 5. The summed E-state index contributed by atoms with van der Waals surface area (Å²) >= 11 is 0. The Balaban J connectivity index is 1.55. The lowest BCUT2D eigenvalue weighted by Crippen LogP contribution is -2.38. The average molecular weight is 316 g/mol. The molecule has 1 fully saturated rings. The van der Waals surface area contributed by atoms with E-state index in [1.165, 1.54) is 19.3 Å². The number of amidine groups is 1. The van der Waals surface area contributed by atoms with Crippen LogP contribution in [0.25, 0.3) is 0 Å². The largest absolute Gasteiger partial charge is 0.365 e. The molecule has 3 rings (SSSR count). The first-order chi connectivity index (χ1) is 11.1. The summed E-state index contributed by atoms with van der Waals surface area (Å²) in [6.45, 7) is 4.05. The molecule has 2 aliphatic heterocycles. The van der Waals surface area contributed by atoms with Gasteiger partial charge in [-0.2, -0.15) is 0 Å². The zero-order valence-electron chi connectivity index (χ0n) is 13.5. The number of benzene rings is 1. The molecule has 124 valence electrons. The molecule has 0 aromatic heterocycles. The van der Waals surface area contributed by atoms with Crippen LogP contribution in [0.15, 0.2) is 29.3 Å². The van der Waals surface area contributed by atoms with E-state index < -0.39 is 0 Å².